The summed E-state index contributed by atoms with van der Waals surface area (Å²) in [7, 11) is 0. The lowest BCUT2D eigenvalue weighted by molar-refractivity contribution is 0.247. The maximum Gasteiger partial charge on any atom is 0.173 e. The van der Waals surface area contributed by atoms with E-state index in [0.29, 0.717) is 5.76 Å². The molecule has 0 aliphatic rings. The van der Waals surface area contributed by atoms with Crippen molar-refractivity contribution in [2.24, 2.45) is 5.73 Å². The zero-order valence-corrected chi connectivity index (χ0v) is 5.32. The van der Waals surface area contributed by atoms with Gasteiger partial charge in [-0.05, 0) is 12.1 Å². The summed E-state index contributed by atoms with van der Waals surface area (Å²) in [5.74, 6) is 0.611. The van der Waals surface area contributed by atoms with Gasteiger partial charge in [0.25, 0.3) is 0 Å². The Balaban J connectivity index is 0.000000236. The molecule has 0 aliphatic carbocycles. The van der Waals surface area contributed by atoms with Crippen LogP contribution in [-0.4, -0.2) is 5.11 Å². The molecule has 0 amide bonds. The molecule has 0 radical (unpaired) electrons. The van der Waals surface area contributed by atoms with E-state index in [0.717, 1.165) is 0 Å². The quantitative estimate of drug-likeness (QED) is 0.431. The molecule has 1 rings (SSSR count). The van der Waals surface area contributed by atoms with E-state index < -0.39 is 0 Å². The van der Waals surface area contributed by atoms with Crippen molar-refractivity contribution >= 4 is 0 Å². The van der Waals surface area contributed by atoms with Crippen LogP contribution in [0.15, 0.2) is 22.8 Å². The van der Waals surface area contributed by atoms with Crippen LogP contribution in [0.25, 0.3) is 0 Å². The molecule has 0 atom stereocenters. The molecule has 10 heavy (non-hydrogen) atoms. The van der Waals surface area contributed by atoms with Crippen LogP contribution in [0.4, 0.5) is 0 Å². The van der Waals surface area contributed by atoms with Gasteiger partial charge < -0.3 is 15.3 Å². The third kappa shape index (κ3) is 3.52. The van der Waals surface area contributed by atoms with Crippen LogP contribution in [0.2, 0.25) is 0 Å². The summed E-state index contributed by atoms with van der Waals surface area (Å²) in [6.45, 7) is -0.00694. The summed E-state index contributed by atoms with van der Waals surface area (Å²) in [5.41, 5.74) is 4.15. The van der Waals surface area contributed by atoms with Crippen molar-refractivity contribution in [3.05, 3.63) is 24.2 Å². The van der Waals surface area contributed by atoms with E-state index in [4.69, 9.17) is 14.8 Å². The fraction of sp³-hybridized carbons (Fsp3) is 0.167. The molecule has 1 heterocycles. The molecule has 3 N–H and O–H groups in total. The van der Waals surface area contributed by atoms with Crippen LogP contribution in [0.5, 0.6) is 0 Å². The first kappa shape index (κ1) is 8.53. The third-order valence-corrected chi connectivity index (χ3v) is 0.736. The third-order valence-electron chi connectivity index (χ3n) is 0.736. The predicted octanol–water partition coefficient (Wildman–Crippen LogP) is 0.198. The molecule has 1 aromatic rings. The van der Waals surface area contributed by atoms with Gasteiger partial charge in [-0.25, -0.2) is 0 Å². The summed E-state index contributed by atoms with van der Waals surface area (Å²) in [4.78, 5) is 0. The average molecular weight is 140 g/mol. The van der Waals surface area contributed by atoms with Crippen molar-refractivity contribution in [2.45, 2.75) is 6.61 Å². The normalized spacial score (nSPS) is 7.20. The van der Waals surface area contributed by atoms with Crippen molar-refractivity contribution in [3.63, 3.8) is 0 Å². The molecule has 0 saturated carbocycles. The fourth-order valence-electron chi connectivity index (χ4n) is 0.403. The minimum absolute atomic E-state index is 0.00694. The van der Waals surface area contributed by atoms with Gasteiger partial charge >= 0.3 is 0 Å². The highest BCUT2D eigenvalue weighted by Gasteiger charge is 1.85. The molecule has 0 spiro atoms. The average Bonchev–Trinajstić information content (AvgIpc) is 2.39. The lowest BCUT2D eigenvalue weighted by Crippen LogP contribution is -1.72. The van der Waals surface area contributed by atoms with Gasteiger partial charge in [0.05, 0.1) is 6.26 Å². The van der Waals surface area contributed by atoms with Gasteiger partial charge in [-0.15, -0.1) is 0 Å². The smallest absolute Gasteiger partial charge is 0.173 e. The Morgan fingerprint density at radius 1 is 1.80 bits per heavy atom. The zero-order chi connectivity index (χ0) is 7.82. The van der Waals surface area contributed by atoms with Gasteiger partial charge in [-0.2, -0.15) is 5.26 Å². The second-order valence-electron chi connectivity index (χ2n) is 1.37. The Bertz CT molecular complexity index is 188. The molecule has 1 aromatic heterocycles. The first-order chi connectivity index (χ1) is 4.85. The van der Waals surface area contributed by atoms with Gasteiger partial charge in [0.1, 0.15) is 12.4 Å². The number of aliphatic hydroxyl groups excluding tert-OH is 1. The standard InChI is InChI=1S/C5H6O2.CH2N2/c6-4-5-2-1-3-7-5;2-1-3/h1-3,6H,4H2;2H2. The van der Waals surface area contributed by atoms with Crippen molar-refractivity contribution in [2.75, 3.05) is 0 Å². The number of rotatable bonds is 1. The van der Waals surface area contributed by atoms with Gasteiger partial charge in [0, 0.05) is 0 Å². The largest absolute Gasteiger partial charge is 0.467 e. The second kappa shape index (κ2) is 5.66. The van der Waals surface area contributed by atoms with Crippen LogP contribution < -0.4 is 5.73 Å². The molecular weight excluding hydrogens is 132 g/mol. The highest BCUT2D eigenvalue weighted by molar-refractivity contribution is 4.95. The molecule has 4 nitrogen and oxygen atoms in total. The van der Waals surface area contributed by atoms with Crippen molar-refractivity contribution in [1.82, 2.24) is 0 Å². The van der Waals surface area contributed by atoms with Crippen molar-refractivity contribution < 1.29 is 9.52 Å². The van der Waals surface area contributed by atoms with Gasteiger partial charge in [0.2, 0.25) is 0 Å². The van der Waals surface area contributed by atoms with Gasteiger partial charge in [-0.1, -0.05) is 0 Å². The Morgan fingerprint density at radius 3 is 2.60 bits per heavy atom. The van der Waals surface area contributed by atoms with E-state index in [-0.39, 0.29) is 6.61 Å². The maximum atomic E-state index is 8.33. The maximum absolute atomic E-state index is 8.33. The molecule has 0 saturated heterocycles. The van der Waals surface area contributed by atoms with Crippen LogP contribution in [-0.2, 0) is 6.61 Å². The summed E-state index contributed by atoms with van der Waals surface area (Å²) >= 11 is 0. The van der Waals surface area contributed by atoms with E-state index in [9.17, 15) is 0 Å². The van der Waals surface area contributed by atoms with Crippen LogP contribution >= 0.6 is 0 Å². The predicted molar refractivity (Wildman–Crippen MR) is 34.4 cm³/mol. The van der Waals surface area contributed by atoms with Crippen molar-refractivity contribution in [3.8, 4) is 6.19 Å². The van der Waals surface area contributed by atoms with Crippen LogP contribution in [0.3, 0.4) is 0 Å². The second-order valence-corrected chi connectivity index (χ2v) is 1.37. The number of nitrogens with two attached hydrogens (primary N) is 1. The molecule has 0 aromatic carbocycles. The molecular formula is C6H8N2O2. The van der Waals surface area contributed by atoms with E-state index >= 15 is 0 Å². The van der Waals surface area contributed by atoms with E-state index in [2.05, 4.69) is 5.73 Å². The minimum Gasteiger partial charge on any atom is -0.467 e. The molecule has 0 aliphatic heterocycles. The highest BCUT2D eigenvalue weighted by atomic mass is 16.4. The topological polar surface area (TPSA) is 83.2 Å². The highest BCUT2D eigenvalue weighted by Crippen LogP contribution is 1.96. The van der Waals surface area contributed by atoms with Gasteiger partial charge in [0.15, 0.2) is 6.19 Å². The lowest BCUT2D eigenvalue weighted by atomic mass is 10.5. The summed E-state index contributed by atoms with van der Waals surface area (Å²) in [6, 6.07) is 3.46. The number of hydrogen-bond acceptors (Lipinski definition) is 4. The first-order valence-electron chi connectivity index (χ1n) is 2.58. The summed E-state index contributed by atoms with van der Waals surface area (Å²) in [6.07, 6.45) is 2.78. The van der Waals surface area contributed by atoms with Crippen LogP contribution in [0.1, 0.15) is 5.76 Å². The molecule has 0 bridgehead atoms. The SMILES string of the molecule is N#CN.OCc1ccco1. The lowest BCUT2D eigenvalue weighted by Gasteiger charge is -1.79. The molecule has 0 fully saturated rings. The molecule has 0 unspecified atom stereocenters. The van der Waals surface area contributed by atoms with Crippen molar-refractivity contribution in [1.29, 1.82) is 5.26 Å². The first-order valence-corrected chi connectivity index (χ1v) is 2.58. The van der Waals surface area contributed by atoms with Crippen LogP contribution in [0, 0.1) is 11.5 Å². The van der Waals surface area contributed by atoms with E-state index in [1.807, 2.05) is 0 Å². The summed E-state index contributed by atoms with van der Waals surface area (Å²) in [5, 5.41) is 15.4. The molecule has 4 heteroatoms. The number of furan rings is 1. The Kier molecular flexibility index (Phi) is 4.83. The Morgan fingerprint density at radius 2 is 2.40 bits per heavy atom. The number of aliphatic hydroxyl groups is 1. The summed E-state index contributed by atoms with van der Waals surface area (Å²) < 4.78 is 4.73. The zero-order valence-electron chi connectivity index (χ0n) is 5.32. The minimum atomic E-state index is -0.00694. The number of nitrogens with zero attached hydrogens (tertiary/aromatic N) is 1. The fourth-order valence-corrected chi connectivity index (χ4v) is 0.403. The molecule has 54 valence electrons. The number of hydrogen-bond donors (Lipinski definition) is 2. The Hall–Kier alpha value is -1.47. The van der Waals surface area contributed by atoms with E-state index in [1.54, 1.807) is 12.1 Å². The number of nitriles is 1. The monoisotopic (exact) mass is 140 g/mol. The Labute approximate surface area is 58.5 Å². The van der Waals surface area contributed by atoms with E-state index in [1.165, 1.54) is 12.5 Å². The van der Waals surface area contributed by atoms with Gasteiger partial charge in [-0.3, -0.25) is 0 Å².